The fourth-order valence-electron chi connectivity index (χ4n) is 4.40. The molecule has 0 bridgehead atoms. The molecule has 1 heterocycles. The maximum Gasteiger partial charge on any atom is 0.264 e. The molecular formula is C22H21Cl2NO3. The quantitative estimate of drug-likeness (QED) is 0.724. The molecule has 0 radical (unpaired) electrons. The number of anilines is 1. The predicted molar refractivity (Wildman–Crippen MR) is 110 cm³/mol. The Balaban J connectivity index is 1.79. The van der Waals surface area contributed by atoms with E-state index in [1.54, 1.807) is 36.4 Å². The van der Waals surface area contributed by atoms with Gasteiger partial charge in [-0.1, -0.05) is 60.3 Å². The second kappa shape index (κ2) is 7.51. The summed E-state index contributed by atoms with van der Waals surface area (Å²) in [5.41, 5.74) is -0.136. The maximum atomic E-state index is 13.5. The van der Waals surface area contributed by atoms with Gasteiger partial charge in [-0.05, 0) is 31.0 Å². The van der Waals surface area contributed by atoms with Crippen molar-refractivity contribution < 1.29 is 14.7 Å². The van der Waals surface area contributed by atoms with Gasteiger partial charge in [0.15, 0.2) is 5.60 Å². The number of Topliss-reactive ketones (excluding diaryl/α,β-unsaturated/α-hetero) is 1. The summed E-state index contributed by atoms with van der Waals surface area (Å²) >= 11 is 12.6. The van der Waals surface area contributed by atoms with Crippen molar-refractivity contribution >= 4 is 40.6 Å². The number of carbonyl (C=O) groups excluding carboxylic acids is 2. The molecule has 28 heavy (non-hydrogen) atoms. The third-order valence-corrected chi connectivity index (χ3v) is 6.57. The van der Waals surface area contributed by atoms with Gasteiger partial charge in [0.05, 0.1) is 18.2 Å². The van der Waals surface area contributed by atoms with Gasteiger partial charge in [0, 0.05) is 27.6 Å². The number of para-hydroxylation sites is 1. The van der Waals surface area contributed by atoms with Gasteiger partial charge in [-0.25, -0.2) is 0 Å². The Hall–Kier alpha value is -1.88. The van der Waals surface area contributed by atoms with Crippen LogP contribution in [0.2, 0.25) is 10.0 Å². The molecule has 4 rings (SSSR count). The van der Waals surface area contributed by atoms with Crippen molar-refractivity contribution in [3.05, 3.63) is 63.6 Å². The van der Waals surface area contributed by atoms with Crippen LogP contribution < -0.4 is 4.90 Å². The molecule has 6 heteroatoms. The highest BCUT2D eigenvalue weighted by atomic mass is 35.5. The van der Waals surface area contributed by atoms with E-state index < -0.39 is 17.4 Å². The molecule has 0 saturated heterocycles. The topological polar surface area (TPSA) is 57.6 Å². The van der Waals surface area contributed by atoms with E-state index in [4.69, 9.17) is 23.2 Å². The zero-order valence-electron chi connectivity index (χ0n) is 15.3. The van der Waals surface area contributed by atoms with Crippen molar-refractivity contribution in [2.24, 2.45) is 5.92 Å². The van der Waals surface area contributed by atoms with Gasteiger partial charge in [-0.15, -0.1) is 0 Å². The zero-order valence-corrected chi connectivity index (χ0v) is 16.8. The smallest absolute Gasteiger partial charge is 0.264 e. The van der Waals surface area contributed by atoms with Gasteiger partial charge in [0.2, 0.25) is 0 Å². The number of hydrogen-bond donors (Lipinski definition) is 1. The molecular weight excluding hydrogens is 397 g/mol. The van der Waals surface area contributed by atoms with E-state index in [1.165, 1.54) is 4.90 Å². The van der Waals surface area contributed by atoms with Gasteiger partial charge < -0.3 is 10.0 Å². The molecule has 4 nitrogen and oxygen atoms in total. The maximum absolute atomic E-state index is 13.5. The minimum absolute atomic E-state index is 0.0409. The molecule has 0 aromatic heterocycles. The Bertz CT molecular complexity index is 925. The Labute approximate surface area is 174 Å². The van der Waals surface area contributed by atoms with Crippen molar-refractivity contribution in [2.45, 2.75) is 44.2 Å². The fraction of sp³-hybridized carbons (Fsp3) is 0.364. The van der Waals surface area contributed by atoms with Gasteiger partial charge in [-0.3, -0.25) is 9.59 Å². The van der Waals surface area contributed by atoms with E-state index in [0.29, 0.717) is 39.7 Å². The normalized spacial score (nSPS) is 25.0. The second-order valence-electron chi connectivity index (χ2n) is 7.49. The Kier molecular flexibility index (Phi) is 5.21. The molecule has 146 valence electrons. The number of aliphatic hydroxyl groups is 1. The summed E-state index contributed by atoms with van der Waals surface area (Å²) in [5, 5.41) is 12.6. The third-order valence-electron chi connectivity index (χ3n) is 5.86. The largest absolute Gasteiger partial charge is 0.375 e. The van der Waals surface area contributed by atoms with Crippen LogP contribution in [0.4, 0.5) is 5.69 Å². The van der Waals surface area contributed by atoms with Crippen molar-refractivity contribution in [3.63, 3.8) is 0 Å². The van der Waals surface area contributed by atoms with Crippen LogP contribution in [0.15, 0.2) is 42.5 Å². The number of fused-ring (bicyclic) bond motifs is 1. The molecule has 2 aliphatic rings. The van der Waals surface area contributed by atoms with Crippen LogP contribution in [0.1, 0.15) is 43.2 Å². The molecule has 2 unspecified atom stereocenters. The molecule has 2 aromatic rings. The number of halogens is 2. The van der Waals surface area contributed by atoms with Gasteiger partial charge in [0.1, 0.15) is 5.78 Å². The van der Waals surface area contributed by atoms with Crippen LogP contribution in [0.25, 0.3) is 0 Å². The summed E-state index contributed by atoms with van der Waals surface area (Å²) < 4.78 is 0. The van der Waals surface area contributed by atoms with Crippen LogP contribution >= 0.6 is 23.2 Å². The van der Waals surface area contributed by atoms with Crippen molar-refractivity contribution in [3.8, 4) is 0 Å². The minimum Gasteiger partial charge on any atom is -0.375 e. The molecule has 2 atom stereocenters. The Morgan fingerprint density at radius 2 is 1.71 bits per heavy atom. The molecule has 1 aliphatic carbocycles. The second-order valence-corrected chi connectivity index (χ2v) is 8.31. The highest BCUT2D eigenvalue weighted by Crippen LogP contribution is 2.48. The van der Waals surface area contributed by atoms with E-state index >= 15 is 0 Å². The summed E-state index contributed by atoms with van der Waals surface area (Å²) in [6.45, 7) is 0.136. The molecule has 1 saturated carbocycles. The van der Waals surface area contributed by atoms with Gasteiger partial charge in [-0.2, -0.15) is 0 Å². The monoisotopic (exact) mass is 417 g/mol. The first-order valence-electron chi connectivity index (χ1n) is 9.54. The Morgan fingerprint density at radius 1 is 1.00 bits per heavy atom. The van der Waals surface area contributed by atoms with Crippen LogP contribution in [0.5, 0.6) is 0 Å². The average Bonchev–Trinajstić information content (AvgIpc) is 2.82. The number of carbonyl (C=O) groups is 2. The standard InChI is InChI=1S/C22H21Cl2NO3/c23-17-9-6-10-18(24)14(17)13-25-19-11-5-4-7-15(19)22(28,21(25)27)16-8-2-1-3-12-20(16)26/h4-7,9-11,16,28H,1-3,8,12-13H2. The highest BCUT2D eigenvalue weighted by Gasteiger charge is 2.56. The lowest BCUT2D eigenvalue weighted by Gasteiger charge is -2.30. The summed E-state index contributed by atoms with van der Waals surface area (Å²) in [5.74, 6) is -1.25. The zero-order chi connectivity index (χ0) is 19.9. The predicted octanol–water partition coefficient (Wildman–Crippen LogP) is 4.88. The number of ketones is 1. The summed E-state index contributed by atoms with van der Waals surface area (Å²) in [7, 11) is 0. The van der Waals surface area contributed by atoms with E-state index in [1.807, 2.05) is 6.07 Å². The molecule has 1 amide bonds. The molecule has 1 fully saturated rings. The van der Waals surface area contributed by atoms with Crippen LogP contribution in [0.3, 0.4) is 0 Å². The molecule has 1 aliphatic heterocycles. The summed E-state index contributed by atoms with van der Waals surface area (Å²) in [6, 6.07) is 12.3. The van der Waals surface area contributed by atoms with E-state index in [9.17, 15) is 14.7 Å². The summed E-state index contributed by atoms with van der Waals surface area (Å²) in [4.78, 5) is 27.8. The van der Waals surface area contributed by atoms with Crippen molar-refractivity contribution in [2.75, 3.05) is 4.90 Å². The number of rotatable bonds is 3. The third kappa shape index (κ3) is 3.04. The van der Waals surface area contributed by atoms with Crippen molar-refractivity contribution in [1.82, 2.24) is 0 Å². The number of amides is 1. The van der Waals surface area contributed by atoms with Gasteiger partial charge in [0.25, 0.3) is 5.91 Å². The van der Waals surface area contributed by atoms with Crippen LogP contribution in [0, 0.1) is 5.92 Å². The molecule has 0 spiro atoms. The number of hydrogen-bond acceptors (Lipinski definition) is 3. The first-order chi connectivity index (χ1) is 13.4. The fourth-order valence-corrected chi connectivity index (χ4v) is 4.92. The lowest BCUT2D eigenvalue weighted by Crippen LogP contribution is -2.48. The average molecular weight is 418 g/mol. The van der Waals surface area contributed by atoms with Crippen LogP contribution in [-0.4, -0.2) is 16.8 Å². The lowest BCUT2D eigenvalue weighted by molar-refractivity contribution is -0.150. The number of benzene rings is 2. The first-order valence-corrected chi connectivity index (χ1v) is 10.3. The SMILES string of the molecule is O=C1CCCCCC1C1(O)C(=O)N(Cc2c(Cl)cccc2Cl)c2ccccc21. The molecule has 1 N–H and O–H groups in total. The van der Waals surface area contributed by atoms with E-state index in [0.717, 1.165) is 19.3 Å². The van der Waals surface area contributed by atoms with E-state index in [-0.39, 0.29) is 12.3 Å². The van der Waals surface area contributed by atoms with Crippen molar-refractivity contribution in [1.29, 1.82) is 0 Å². The van der Waals surface area contributed by atoms with Crippen LogP contribution in [-0.2, 0) is 21.7 Å². The summed E-state index contributed by atoms with van der Waals surface area (Å²) in [6.07, 6.45) is 3.48. The lowest BCUT2D eigenvalue weighted by atomic mass is 9.77. The van der Waals surface area contributed by atoms with E-state index in [2.05, 4.69) is 0 Å². The van der Waals surface area contributed by atoms with Gasteiger partial charge >= 0.3 is 0 Å². The first kappa shape index (κ1) is 19.4. The minimum atomic E-state index is -1.84. The molecule has 2 aromatic carbocycles. The highest BCUT2D eigenvalue weighted by molar-refractivity contribution is 6.36. The number of nitrogens with zero attached hydrogens (tertiary/aromatic N) is 1. The Morgan fingerprint density at radius 3 is 2.46 bits per heavy atom.